The molecular formula is C15H15N2O4-. The van der Waals surface area contributed by atoms with Crippen molar-refractivity contribution in [3.8, 4) is 0 Å². The number of nitrogens with zero attached hydrogens (tertiary/aromatic N) is 2. The highest BCUT2D eigenvalue weighted by Gasteiger charge is 2.47. The average molecular weight is 287 g/mol. The van der Waals surface area contributed by atoms with Crippen LogP contribution in [0.2, 0.25) is 0 Å². The second kappa shape index (κ2) is 5.47. The van der Waals surface area contributed by atoms with Crippen LogP contribution in [0.5, 0.6) is 0 Å². The lowest BCUT2D eigenvalue weighted by Gasteiger charge is -2.29. The van der Waals surface area contributed by atoms with E-state index in [-0.39, 0.29) is 17.9 Å². The van der Waals surface area contributed by atoms with Crippen LogP contribution in [0.15, 0.2) is 40.7 Å². The van der Waals surface area contributed by atoms with Crippen LogP contribution in [0.4, 0.5) is 0 Å². The Labute approximate surface area is 122 Å². The molecule has 21 heavy (non-hydrogen) atoms. The van der Waals surface area contributed by atoms with E-state index in [1.165, 1.54) is 13.1 Å². The van der Waals surface area contributed by atoms with Crippen molar-refractivity contribution in [3.05, 3.63) is 41.4 Å². The minimum atomic E-state index is -1.68. The Bertz CT molecular complexity index is 649. The zero-order valence-corrected chi connectivity index (χ0v) is 12.0. The number of pyridine rings is 1. The van der Waals surface area contributed by atoms with Gasteiger partial charge in [-0.1, -0.05) is 6.07 Å². The van der Waals surface area contributed by atoms with E-state index in [4.69, 9.17) is 4.74 Å². The van der Waals surface area contributed by atoms with Crippen molar-refractivity contribution < 1.29 is 19.4 Å². The number of ether oxygens (including phenoxy) is 1. The van der Waals surface area contributed by atoms with Crippen molar-refractivity contribution in [2.24, 2.45) is 10.4 Å². The monoisotopic (exact) mass is 287 g/mol. The number of allylic oxidation sites excluding steroid dienone is 1. The molecule has 0 saturated heterocycles. The standard InChI is InChI=1S/C15H16N2O4/c1-4-21-13(18)11-9(2)17-12(15(11,3)14(19)20)10-7-5-6-8-16-10/h5-8H,4H2,1-3H3,(H,19,20)/p-1. The summed E-state index contributed by atoms with van der Waals surface area (Å²) in [5.41, 5.74) is -0.803. The number of aliphatic imine (C=N–C) groups is 1. The van der Waals surface area contributed by atoms with Gasteiger partial charge in [0.05, 0.1) is 35.0 Å². The second-order valence-electron chi connectivity index (χ2n) is 4.77. The average Bonchev–Trinajstić information content (AvgIpc) is 2.73. The summed E-state index contributed by atoms with van der Waals surface area (Å²) >= 11 is 0. The van der Waals surface area contributed by atoms with Crippen molar-refractivity contribution in [1.82, 2.24) is 4.98 Å². The molecule has 0 aromatic carbocycles. The zero-order valence-electron chi connectivity index (χ0n) is 12.0. The largest absolute Gasteiger partial charge is 0.549 e. The van der Waals surface area contributed by atoms with Gasteiger partial charge in [-0.15, -0.1) is 0 Å². The predicted molar refractivity (Wildman–Crippen MR) is 73.2 cm³/mol. The molecule has 0 bridgehead atoms. The lowest BCUT2D eigenvalue weighted by atomic mass is 9.77. The lowest BCUT2D eigenvalue weighted by molar-refractivity contribution is -0.312. The van der Waals surface area contributed by atoms with Gasteiger partial charge in [0.25, 0.3) is 0 Å². The van der Waals surface area contributed by atoms with Gasteiger partial charge in [0, 0.05) is 11.9 Å². The summed E-state index contributed by atoms with van der Waals surface area (Å²) in [5, 5.41) is 11.7. The first kappa shape index (κ1) is 14.9. The van der Waals surface area contributed by atoms with Crippen LogP contribution in [-0.4, -0.2) is 29.2 Å². The molecule has 6 heteroatoms. The summed E-state index contributed by atoms with van der Waals surface area (Å²) in [6.45, 7) is 4.76. The van der Waals surface area contributed by atoms with Crippen molar-refractivity contribution in [1.29, 1.82) is 0 Å². The van der Waals surface area contributed by atoms with E-state index < -0.39 is 17.4 Å². The van der Waals surface area contributed by atoms with Gasteiger partial charge in [0.15, 0.2) is 0 Å². The molecule has 6 nitrogen and oxygen atoms in total. The van der Waals surface area contributed by atoms with Gasteiger partial charge in [0.2, 0.25) is 0 Å². The van der Waals surface area contributed by atoms with E-state index >= 15 is 0 Å². The third kappa shape index (κ3) is 2.33. The second-order valence-corrected chi connectivity index (χ2v) is 4.77. The number of aromatic nitrogens is 1. The maximum Gasteiger partial charge on any atom is 0.337 e. The Kier molecular flexibility index (Phi) is 3.88. The van der Waals surface area contributed by atoms with Gasteiger partial charge >= 0.3 is 5.97 Å². The van der Waals surface area contributed by atoms with E-state index in [9.17, 15) is 14.7 Å². The van der Waals surface area contributed by atoms with Crippen LogP contribution < -0.4 is 5.11 Å². The predicted octanol–water partition coefficient (Wildman–Crippen LogP) is 0.478. The molecule has 1 atom stereocenters. The highest BCUT2D eigenvalue weighted by atomic mass is 16.5. The van der Waals surface area contributed by atoms with Gasteiger partial charge in [-0.2, -0.15) is 0 Å². The Morgan fingerprint density at radius 3 is 2.62 bits per heavy atom. The van der Waals surface area contributed by atoms with E-state index in [0.29, 0.717) is 11.4 Å². The fraction of sp³-hybridized carbons (Fsp3) is 0.333. The SMILES string of the molecule is CCOC(=O)C1=C(C)N=C(c2ccccn2)C1(C)C(=O)[O-]. The van der Waals surface area contributed by atoms with Crippen LogP contribution in [0.1, 0.15) is 26.5 Å². The summed E-state index contributed by atoms with van der Waals surface area (Å²) in [6.07, 6.45) is 1.53. The maximum atomic E-state index is 12.1. The van der Waals surface area contributed by atoms with Crippen LogP contribution >= 0.6 is 0 Å². The number of hydrogen-bond acceptors (Lipinski definition) is 6. The molecule has 0 N–H and O–H groups in total. The molecule has 1 unspecified atom stereocenters. The van der Waals surface area contributed by atoms with Crippen LogP contribution in [0.25, 0.3) is 0 Å². The van der Waals surface area contributed by atoms with Gasteiger partial charge in [0.1, 0.15) is 0 Å². The molecule has 1 aliphatic heterocycles. The molecule has 1 aliphatic rings. The van der Waals surface area contributed by atoms with Crippen molar-refractivity contribution >= 4 is 17.7 Å². The molecule has 1 aromatic heterocycles. The number of carboxylic acids is 1. The number of carboxylic acid groups (broad SMARTS) is 1. The van der Waals surface area contributed by atoms with Crippen LogP contribution in [0.3, 0.4) is 0 Å². The van der Waals surface area contributed by atoms with Gasteiger partial charge in [-0.25, -0.2) is 4.79 Å². The summed E-state index contributed by atoms with van der Waals surface area (Å²) in [6, 6.07) is 5.07. The molecule has 110 valence electrons. The Hall–Kier alpha value is -2.50. The number of hydrogen-bond donors (Lipinski definition) is 0. The summed E-state index contributed by atoms with van der Waals surface area (Å²) < 4.78 is 4.94. The lowest BCUT2D eigenvalue weighted by Crippen LogP contribution is -2.48. The fourth-order valence-corrected chi connectivity index (χ4v) is 2.39. The Morgan fingerprint density at radius 2 is 2.10 bits per heavy atom. The summed E-state index contributed by atoms with van der Waals surface area (Å²) in [4.78, 5) is 32.1. The molecule has 0 spiro atoms. The Balaban J connectivity index is 2.56. The van der Waals surface area contributed by atoms with Crippen molar-refractivity contribution in [2.75, 3.05) is 6.61 Å². The summed E-state index contributed by atoms with van der Waals surface area (Å²) in [5.74, 6) is -2.11. The Morgan fingerprint density at radius 1 is 1.38 bits per heavy atom. The molecule has 2 heterocycles. The van der Waals surface area contributed by atoms with E-state index in [2.05, 4.69) is 9.98 Å². The minimum Gasteiger partial charge on any atom is -0.549 e. The molecule has 0 saturated carbocycles. The number of carbonyl (C=O) groups excluding carboxylic acids is 2. The normalized spacial score (nSPS) is 21.2. The number of aliphatic carboxylic acids is 1. The van der Waals surface area contributed by atoms with Gasteiger partial charge < -0.3 is 14.6 Å². The number of esters is 1. The smallest absolute Gasteiger partial charge is 0.337 e. The van der Waals surface area contributed by atoms with Crippen molar-refractivity contribution in [3.63, 3.8) is 0 Å². The molecule has 2 rings (SSSR count). The summed E-state index contributed by atoms with van der Waals surface area (Å²) in [7, 11) is 0. The highest BCUT2D eigenvalue weighted by molar-refractivity contribution is 6.22. The van der Waals surface area contributed by atoms with Crippen LogP contribution in [-0.2, 0) is 14.3 Å². The van der Waals surface area contributed by atoms with E-state index in [1.54, 1.807) is 32.0 Å². The zero-order chi connectivity index (χ0) is 15.6. The first-order valence-corrected chi connectivity index (χ1v) is 6.53. The first-order valence-electron chi connectivity index (χ1n) is 6.53. The molecule has 0 fully saturated rings. The molecule has 0 radical (unpaired) electrons. The maximum absolute atomic E-state index is 12.1. The molecular weight excluding hydrogens is 272 g/mol. The third-order valence-corrected chi connectivity index (χ3v) is 3.41. The highest BCUT2D eigenvalue weighted by Crippen LogP contribution is 2.40. The fourth-order valence-electron chi connectivity index (χ4n) is 2.39. The molecule has 0 amide bonds. The minimum absolute atomic E-state index is 0.00926. The van der Waals surface area contributed by atoms with Crippen LogP contribution in [0, 0.1) is 5.41 Å². The number of carbonyl (C=O) groups is 2. The van der Waals surface area contributed by atoms with Gasteiger partial charge in [-0.05, 0) is 32.9 Å². The number of rotatable bonds is 4. The molecule has 0 aliphatic carbocycles. The topological polar surface area (TPSA) is 91.7 Å². The molecule has 1 aromatic rings. The van der Waals surface area contributed by atoms with Crippen molar-refractivity contribution in [2.45, 2.75) is 20.8 Å². The first-order chi connectivity index (χ1) is 9.92. The third-order valence-electron chi connectivity index (χ3n) is 3.41. The quantitative estimate of drug-likeness (QED) is 0.751. The van der Waals surface area contributed by atoms with E-state index in [1.807, 2.05) is 0 Å². The van der Waals surface area contributed by atoms with Gasteiger partial charge in [-0.3, -0.25) is 9.98 Å². The van der Waals surface area contributed by atoms with E-state index in [0.717, 1.165) is 0 Å².